The van der Waals surface area contributed by atoms with Gasteiger partial charge in [0, 0.05) is 17.0 Å². The number of carbonyl (C=O) groups is 2. The summed E-state index contributed by atoms with van der Waals surface area (Å²) in [4.78, 5) is 23.5. The summed E-state index contributed by atoms with van der Waals surface area (Å²) < 4.78 is 38.0. The van der Waals surface area contributed by atoms with Gasteiger partial charge in [-0.05, 0) is 18.6 Å². The molecule has 0 aromatic heterocycles. The second kappa shape index (κ2) is 7.52. The molecule has 0 saturated carbocycles. The molecule has 2 aliphatic heterocycles. The number of rotatable bonds is 6. The molecule has 8 nitrogen and oxygen atoms in total. The lowest BCUT2D eigenvalue weighted by Gasteiger charge is -2.09. The first kappa shape index (κ1) is 17.9. The maximum Gasteiger partial charge on any atom is 0.316 e. The number of thioether (sulfide) groups is 1. The van der Waals surface area contributed by atoms with Crippen molar-refractivity contribution in [2.24, 2.45) is 0 Å². The molecule has 0 bridgehead atoms. The Morgan fingerprint density at radius 3 is 2.84 bits per heavy atom. The number of sulfone groups is 1. The van der Waals surface area contributed by atoms with Gasteiger partial charge in [0.25, 0.3) is 5.91 Å². The van der Waals surface area contributed by atoms with Crippen LogP contribution >= 0.6 is 11.8 Å². The van der Waals surface area contributed by atoms with E-state index in [0.29, 0.717) is 23.6 Å². The number of esters is 1. The van der Waals surface area contributed by atoms with E-state index in [9.17, 15) is 18.0 Å². The fourth-order valence-electron chi connectivity index (χ4n) is 2.44. The summed E-state index contributed by atoms with van der Waals surface area (Å²) in [6.07, 6.45) is 0.547. The van der Waals surface area contributed by atoms with Gasteiger partial charge in [0.1, 0.15) is 0 Å². The molecular formula is C15H17NO7S2. The third-order valence-electron chi connectivity index (χ3n) is 3.65. The molecule has 0 radical (unpaired) electrons. The first-order chi connectivity index (χ1) is 11.9. The SMILES string of the molecule is O=C(COC(=O)CS[C@H]1CCS(=O)(=O)C1)Nc1ccc2c(c1)OCO2. The number of carbonyl (C=O) groups excluding carboxylic acids is 2. The highest BCUT2D eigenvalue weighted by molar-refractivity contribution is 8.02. The molecule has 10 heteroatoms. The Kier molecular flexibility index (Phi) is 5.38. The summed E-state index contributed by atoms with van der Waals surface area (Å²) in [5, 5.41) is 2.51. The van der Waals surface area contributed by atoms with E-state index >= 15 is 0 Å². The van der Waals surface area contributed by atoms with Gasteiger partial charge in [-0.1, -0.05) is 0 Å². The Morgan fingerprint density at radius 2 is 2.08 bits per heavy atom. The van der Waals surface area contributed by atoms with Crippen LogP contribution in [0.1, 0.15) is 6.42 Å². The number of benzene rings is 1. The average Bonchev–Trinajstić information content (AvgIpc) is 3.16. The van der Waals surface area contributed by atoms with Crippen LogP contribution in [0.4, 0.5) is 5.69 Å². The van der Waals surface area contributed by atoms with Crippen molar-refractivity contribution in [2.75, 3.05) is 36.0 Å². The van der Waals surface area contributed by atoms with E-state index in [4.69, 9.17) is 14.2 Å². The quantitative estimate of drug-likeness (QED) is 0.715. The standard InChI is InChI=1S/C15H17NO7S2/c17-14(16-10-1-2-12-13(5-10)23-9-22-12)6-21-15(18)7-24-11-3-4-25(19,20)8-11/h1-2,5,11H,3-4,6-9H2,(H,16,17)/t11-/m0/s1. The first-order valence-electron chi connectivity index (χ1n) is 7.58. The lowest BCUT2D eigenvalue weighted by Crippen LogP contribution is -2.22. The minimum absolute atomic E-state index is 0.0253. The van der Waals surface area contributed by atoms with Gasteiger partial charge < -0.3 is 19.5 Å². The van der Waals surface area contributed by atoms with Gasteiger partial charge in [0.05, 0.1) is 17.3 Å². The van der Waals surface area contributed by atoms with E-state index in [0.717, 1.165) is 0 Å². The summed E-state index contributed by atoms with van der Waals surface area (Å²) in [5.41, 5.74) is 0.510. The molecule has 2 heterocycles. The highest BCUT2D eigenvalue weighted by Crippen LogP contribution is 2.34. The largest absolute Gasteiger partial charge is 0.455 e. The van der Waals surface area contributed by atoms with Crippen molar-refractivity contribution in [3.63, 3.8) is 0 Å². The highest BCUT2D eigenvalue weighted by Gasteiger charge is 2.28. The lowest BCUT2D eigenvalue weighted by molar-refractivity contribution is -0.144. The number of nitrogens with one attached hydrogen (secondary N) is 1. The van der Waals surface area contributed by atoms with Gasteiger partial charge >= 0.3 is 5.97 Å². The predicted octanol–water partition coefficient (Wildman–Crippen LogP) is 0.817. The average molecular weight is 387 g/mol. The van der Waals surface area contributed by atoms with Crippen molar-refractivity contribution >= 4 is 39.2 Å². The fourth-order valence-corrected chi connectivity index (χ4v) is 5.88. The van der Waals surface area contributed by atoms with Crippen LogP contribution in [0.15, 0.2) is 18.2 Å². The summed E-state index contributed by atoms with van der Waals surface area (Å²) >= 11 is 1.25. The van der Waals surface area contributed by atoms with Gasteiger partial charge in [-0.2, -0.15) is 0 Å². The number of hydrogen-bond donors (Lipinski definition) is 1. The minimum atomic E-state index is -2.96. The van der Waals surface area contributed by atoms with Crippen LogP contribution in [0, 0.1) is 0 Å². The number of fused-ring (bicyclic) bond motifs is 1. The molecular weight excluding hydrogens is 370 g/mol. The van der Waals surface area contributed by atoms with Crippen molar-refractivity contribution < 1.29 is 32.2 Å². The number of anilines is 1. The molecule has 1 amide bonds. The highest BCUT2D eigenvalue weighted by atomic mass is 32.2. The van der Waals surface area contributed by atoms with E-state index in [2.05, 4.69) is 5.32 Å². The van der Waals surface area contributed by atoms with E-state index < -0.39 is 28.3 Å². The van der Waals surface area contributed by atoms with Gasteiger partial charge in [0.15, 0.2) is 27.9 Å². The van der Waals surface area contributed by atoms with Crippen LogP contribution < -0.4 is 14.8 Å². The summed E-state index contributed by atoms with van der Waals surface area (Å²) in [7, 11) is -2.96. The maximum atomic E-state index is 11.8. The molecule has 1 fully saturated rings. The minimum Gasteiger partial charge on any atom is -0.455 e. The molecule has 0 spiro atoms. The Bertz CT molecular complexity index is 778. The molecule has 136 valence electrons. The first-order valence-corrected chi connectivity index (χ1v) is 10.5. The van der Waals surface area contributed by atoms with Crippen LogP contribution in [0.25, 0.3) is 0 Å². The normalized spacial score (nSPS) is 20.2. The Balaban J connectivity index is 1.38. The van der Waals surface area contributed by atoms with Gasteiger partial charge in [-0.3, -0.25) is 9.59 Å². The summed E-state index contributed by atoms with van der Waals surface area (Å²) in [6.45, 7) is -0.263. The molecule has 1 N–H and O–H groups in total. The second-order valence-corrected chi connectivity index (χ2v) is 9.13. The smallest absolute Gasteiger partial charge is 0.316 e. The van der Waals surface area contributed by atoms with E-state index in [1.165, 1.54) is 11.8 Å². The molecule has 3 rings (SSSR count). The number of amides is 1. The van der Waals surface area contributed by atoms with E-state index in [-0.39, 0.29) is 29.3 Å². The van der Waals surface area contributed by atoms with Crippen molar-refractivity contribution in [1.29, 1.82) is 0 Å². The second-order valence-electron chi connectivity index (χ2n) is 5.61. The van der Waals surface area contributed by atoms with Crippen LogP contribution in [-0.4, -0.2) is 56.2 Å². The lowest BCUT2D eigenvalue weighted by atomic mass is 10.3. The van der Waals surface area contributed by atoms with Crippen molar-refractivity contribution in [2.45, 2.75) is 11.7 Å². The Morgan fingerprint density at radius 1 is 1.28 bits per heavy atom. The third-order valence-corrected chi connectivity index (χ3v) is 6.90. The summed E-state index contributed by atoms with van der Waals surface area (Å²) in [5.74, 6) is 0.411. The monoisotopic (exact) mass is 387 g/mol. The maximum absolute atomic E-state index is 11.8. The fraction of sp³-hybridized carbons (Fsp3) is 0.467. The van der Waals surface area contributed by atoms with Crippen molar-refractivity contribution in [3.05, 3.63) is 18.2 Å². The number of ether oxygens (including phenoxy) is 3. The Labute approximate surface area is 149 Å². The van der Waals surface area contributed by atoms with Crippen LogP contribution in [0.3, 0.4) is 0 Å². The zero-order valence-electron chi connectivity index (χ0n) is 13.2. The molecule has 25 heavy (non-hydrogen) atoms. The molecule has 0 aliphatic carbocycles. The van der Waals surface area contributed by atoms with Crippen molar-refractivity contribution in [1.82, 2.24) is 0 Å². The van der Waals surface area contributed by atoms with Gasteiger partial charge in [0.2, 0.25) is 6.79 Å². The van der Waals surface area contributed by atoms with Crippen LogP contribution in [0.5, 0.6) is 11.5 Å². The summed E-state index contributed by atoms with van der Waals surface area (Å²) in [6, 6.07) is 4.96. The molecule has 1 atom stereocenters. The molecule has 1 aromatic rings. The predicted molar refractivity (Wildman–Crippen MR) is 91.7 cm³/mol. The zero-order valence-corrected chi connectivity index (χ0v) is 14.9. The van der Waals surface area contributed by atoms with Gasteiger partial charge in [-0.15, -0.1) is 11.8 Å². The topological polar surface area (TPSA) is 108 Å². The van der Waals surface area contributed by atoms with Crippen LogP contribution in [0.2, 0.25) is 0 Å². The Hall–Kier alpha value is -1.94. The molecule has 1 aromatic carbocycles. The van der Waals surface area contributed by atoms with E-state index in [1.807, 2.05) is 0 Å². The molecule has 1 saturated heterocycles. The molecule has 0 unspecified atom stereocenters. The zero-order chi connectivity index (χ0) is 17.9. The number of hydrogen-bond acceptors (Lipinski definition) is 8. The molecule has 2 aliphatic rings. The van der Waals surface area contributed by atoms with Gasteiger partial charge in [-0.25, -0.2) is 8.42 Å². The van der Waals surface area contributed by atoms with Crippen LogP contribution in [-0.2, 0) is 24.2 Å². The van der Waals surface area contributed by atoms with Crippen molar-refractivity contribution in [3.8, 4) is 11.5 Å². The third kappa shape index (κ3) is 5.02. The van der Waals surface area contributed by atoms with E-state index in [1.54, 1.807) is 18.2 Å².